The Balaban J connectivity index is 2.38. The van der Waals surface area contributed by atoms with Crippen LogP contribution in [0.2, 0.25) is 0 Å². The van der Waals surface area contributed by atoms with E-state index < -0.39 is 23.1 Å². The molecule has 5 heteroatoms. The highest BCUT2D eigenvalue weighted by Gasteiger charge is 2.32. The topological polar surface area (TPSA) is 46.3 Å². The van der Waals surface area contributed by atoms with Gasteiger partial charge in [0, 0.05) is 13.1 Å². The van der Waals surface area contributed by atoms with E-state index in [-0.39, 0.29) is 11.7 Å². The summed E-state index contributed by atoms with van der Waals surface area (Å²) in [6, 6.07) is 2.22. The molecule has 86 valence electrons. The molecule has 2 N–H and O–H groups in total. The third-order valence-corrected chi connectivity index (χ3v) is 2.75. The van der Waals surface area contributed by atoms with Gasteiger partial charge >= 0.3 is 0 Å². The van der Waals surface area contributed by atoms with Crippen molar-refractivity contribution >= 4 is 11.6 Å². The lowest BCUT2D eigenvalue weighted by Crippen LogP contribution is -2.30. The molecule has 3 nitrogen and oxygen atoms in total. The minimum atomic E-state index is -0.975. The number of anilines is 1. The average molecular weight is 226 g/mol. The average Bonchev–Trinajstić information content (AvgIpc) is 3.06. The number of amides is 1. The van der Waals surface area contributed by atoms with Crippen LogP contribution in [0.25, 0.3) is 0 Å². The predicted molar refractivity (Wildman–Crippen MR) is 55.9 cm³/mol. The summed E-state index contributed by atoms with van der Waals surface area (Å²) >= 11 is 0. The van der Waals surface area contributed by atoms with Gasteiger partial charge in [-0.15, -0.1) is 0 Å². The van der Waals surface area contributed by atoms with Crippen LogP contribution in [-0.2, 0) is 0 Å². The van der Waals surface area contributed by atoms with E-state index in [9.17, 15) is 13.6 Å². The Bertz CT molecular complexity index is 444. The smallest absolute Gasteiger partial charge is 0.259 e. The standard InChI is InChI=1S/C11H12F2N2O/c1-15(6-2-3-6)11(16)9-7(12)4-5-8(14)10(9)13/h4-6H,2-3,14H2,1H3. The van der Waals surface area contributed by atoms with Crippen molar-refractivity contribution in [2.45, 2.75) is 18.9 Å². The van der Waals surface area contributed by atoms with Crippen molar-refractivity contribution < 1.29 is 13.6 Å². The molecular weight excluding hydrogens is 214 g/mol. The normalized spacial score (nSPS) is 14.9. The quantitative estimate of drug-likeness (QED) is 0.781. The number of hydrogen-bond acceptors (Lipinski definition) is 2. The van der Waals surface area contributed by atoms with Crippen LogP contribution >= 0.6 is 0 Å². The molecule has 1 aromatic rings. The fourth-order valence-electron chi connectivity index (χ4n) is 1.57. The van der Waals surface area contributed by atoms with Gasteiger partial charge in [-0.25, -0.2) is 8.78 Å². The second kappa shape index (κ2) is 3.73. The molecule has 0 aromatic heterocycles. The van der Waals surface area contributed by atoms with Gasteiger partial charge in [-0.05, 0) is 25.0 Å². The van der Waals surface area contributed by atoms with Crippen molar-refractivity contribution in [1.82, 2.24) is 4.90 Å². The first-order chi connectivity index (χ1) is 7.52. The second-order valence-electron chi connectivity index (χ2n) is 3.97. The maximum absolute atomic E-state index is 13.5. The molecule has 1 aromatic carbocycles. The van der Waals surface area contributed by atoms with Crippen LogP contribution < -0.4 is 5.73 Å². The van der Waals surface area contributed by atoms with E-state index in [1.165, 1.54) is 4.90 Å². The number of halogens is 2. The van der Waals surface area contributed by atoms with Gasteiger partial charge in [0.1, 0.15) is 11.4 Å². The van der Waals surface area contributed by atoms with E-state index in [2.05, 4.69) is 0 Å². The third kappa shape index (κ3) is 1.73. The van der Waals surface area contributed by atoms with Gasteiger partial charge < -0.3 is 10.6 Å². The number of nitrogens with two attached hydrogens (primary N) is 1. The highest BCUT2D eigenvalue weighted by molar-refractivity contribution is 5.95. The van der Waals surface area contributed by atoms with E-state index >= 15 is 0 Å². The number of nitrogen functional groups attached to an aromatic ring is 1. The first-order valence-corrected chi connectivity index (χ1v) is 5.03. The first kappa shape index (κ1) is 10.9. The zero-order valence-corrected chi connectivity index (χ0v) is 8.84. The molecule has 0 radical (unpaired) electrons. The summed E-state index contributed by atoms with van der Waals surface area (Å²) in [5, 5.41) is 0. The van der Waals surface area contributed by atoms with E-state index in [0.29, 0.717) is 0 Å². The van der Waals surface area contributed by atoms with E-state index in [0.717, 1.165) is 25.0 Å². The number of carbonyl (C=O) groups is 1. The number of nitrogens with zero attached hydrogens (tertiary/aromatic N) is 1. The summed E-state index contributed by atoms with van der Waals surface area (Å²) in [7, 11) is 1.54. The SMILES string of the molecule is CN(C(=O)c1c(F)ccc(N)c1F)C1CC1. The zero-order valence-electron chi connectivity index (χ0n) is 8.84. The van der Waals surface area contributed by atoms with Crippen LogP contribution in [0.4, 0.5) is 14.5 Å². The fraction of sp³-hybridized carbons (Fsp3) is 0.364. The number of rotatable bonds is 2. The Morgan fingerprint density at radius 1 is 1.44 bits per heavy atom. The Morgan fingerprint density at radius 2 is 2.06 bits per heavy atom. The van der Waals surface area contributed by atoms with Crippen molar-refractivity contribution in [2.75, 3.05) is 12.8 Å². The largest absolute Gasteiger partial charge is 0.396 e. The highest BCUT2D eigenvalue weighted by atomic mass is 19.1. The second-order valence-corrected chi connectivity index (χ2v) is 3.97. The number of benzene rings is 1. The van der Waals surface area contributed by atoms with Crippen molar-refractivity contribution in [1.29, 1.82) is 0 Å². The molecule has 2 rings (SSSR count). The lowest BCUT2D eigenvalue weighted by Gasteiger charge is -2.17. The lowest BCUT2D eigenvalue weighted by molar-refractivity contribution is 0.0775. The Kier molecular flexibility index (Phi) is 2.53. The van der Waals surface area contributed by atoms with Gasteiger partial charge in [0.15, 0.2) is 5.82 Å². The molecular formula is C11H12F2N2O. The van der Waals surface area contributed by atoms with Crippen LogP contribution in [0.1, 0.15) is 23.2 Å². The van der Waals surface area contributed by atoms with Gasteiger partial charge in [0.2, 0.25) is 0 Å². The van der Waals surface area contributed by atoms with Crippen molar-refractivity contribution in [3.05, 3.63) is 29.3 Å². The molecule has 1 aliphatic carbocycles. The molecule has 16 heavy (non-hydrogen) atoms. The Hall–Kier alpha value is -1.65. The molecule has 0 atom stereocenters. The Morgan fingerprint density at radius 3 is 2.62 bits per heavy atom. The molecule has 0 saturated heterocycles. The number of carbonyl (C=O) groups excluding carboxylic acids is 1. The molecule has 1 amide bonds. The lowest BCUT2D eigenvalue weighted by atomic mass is 10.1. The minimum absolute atomic E-state index is 0.104. The molecule has 0 heterocycles. The molecule has 0 bridgehead atoms. The Labute approximate surface area is 91.8 Å². The molecule has 0 unspecified atom stereocenters. The van der Waals surface area contributed by atoms with Crippen molar-refractivity contribution in [3.8, 4) is 0 Å². The van der Waals surface area contributed by atoms with Crippen LogP contribution in [0.15, 0.2) is 12.1 Å². The van der Waals surface area contributed by atoms with Gasteiger partial charge in [-0.2, -0.15) is 0 Å². The number of hydrogen-bond donors (Lipinski definition) is 1. The molecule has 0 aliphatic heterocycles. The van der Waals surface area contributed by atoms with Crippen LogP contribution in [0.5, 0.6) is 0 Å². The van der Waals surface area contributed by atoms with Crippen molar-refractivity contribution in [3.63, 3.8) is 0 Å². The first-order valence-electron chi connectivity index (χ1n) is 5.03. The summed E-state index contributed by atoms with van der Waals surface area (Å²) in [6.07, 6.45) is 1.77. The van der Waals surface area contributed by atoms with Crippen LogP contribution in [0, 0.1) is 11.6 Å². The van der Waals surface area contributed by atoms with Gasteiger partial charge in [0.05, 0.1) is 5.69 Å². The van der Waals surface area contributed by atoms with Gasteiger partial charge in [0.25, 0.3) is 5.91 Å². The predicted octanol–water partition coefficient (Wildman–Crippen LogP) is 1.78. The third-order valence-electron chi connectivity index (χ3n) is 2.75. The fourth-order valence-corrected chi connectivity index (χ4v) is 1.57. The van der Waals surface area contributed by atoms with Crippen LogP contribution in [0.3, 0.4) is 0 Å². The summed E-state index contributed by atoms with van der Waals surface area (Å²) < 4.78 is 26.9. The zero-order chi connectivity index (χ0) is 11.9. The maximum atomic E-state index is 13.5. The summed E-state index contributed by atoms with van der Waals surface area (Å²) in [4.78, 5) is 13.2. The minimum Gasteiger partial charge on any atom is -0.396 e. The summed E-state index contributed by atoms with van der Waals surface area (Å²) in [5.41, 5.74) is 4.53. The molecule has 0 spiro atoms. The monoisotopic (exact) mass is 226 g/mol. The van der Waals surface area contributed by atoms with Crippen molar-refractivity contribution in [2.24, 2.45) is 0 Å². The summed E-state index contributed by atoms with van der Waals surface area (Å²) in [6.45, 7) is 0. The highest BCUT2D eigenvalue weighted by Crippen LogP contribution is 2.28. The van der Waals surface area contributed by atoms with E-state index in [1.54, 1.807) is 7.05 Å². The van der Waals surface area contributed by atoms with Gasteiger partial charge in [-0.1, -0.05) is 0 Å². The maximum Gasteiger partial charge on any atom is 0.259 e. The van der Waals surface area contributed by atoms with E-state index in [4.69, 9.17) is 5.73 Å². The molecule has 1 aliphatic rings. The molecule has 1 saturated carbocycles. The van der Waals surface area contributed by atoms with Gasteiger partial charge in [-0.3, -0.25) is 4.79 Å². The van der Waals surface area contributed by atoms with Crippen LogP contribution in [-0.4, -0.2) is 23.9 Å². The molecule has 1 fully saturated rings. The van der Waals surface area contributed by atoms with E-state index in [1.807, 2.05) is 0 Å². The summed E-state index contributed by atoms with van der Waals surface area (Å²) in [5.74, 6) is -2.49.